The molecule has 1 N–H and O–H groups in total. The molecule has 0 aliphatic carbocycles. The third kappa shape index (κ3) is 2.07. The van der Waals surface area contributed by atoms with Crippen molar-refractivity contribution in [3.8, 4) is 0 Å². The molecule has 1 amide bonds. The van der Waals surface area contributed by atoms with Gasteiger partial charge < -0.3 is 15.0 Å². The van der Waals surface area contributed by atoms with Crippen LogP contribution in [0, 0.1) is 0 Å². The predicted molar refractivity (Wildman–Crippen MR) is 53.0 cm³/mol. The van der Waals surface area contributed by atoms with Crippen LogP contribution in [-0.4, -0.2) is 49.2 Å². The number of hydrogen-bond acceptors (Lipinski definition) is 3. The molecule has 0 bridgehead atoms. The van der Waals surface area contributed by atoms with Gasteiger partial charge in [-0.1, -0.05) is 0 Å². The molecule has 80 valence electrons. The average molecular weight is 198 g/mol. The van der Waals surface area contributed by atoms with Crippen molar-refractivity contribution >= 4 is 5.91 Å². The second kappa shape index (κ2) is 4.28. The van der Waals surface area contributed by atoms with Crippen LogP contribution in [0.2, 0.25) is 0 Å². The first-order valence-electron chi connectivity index (χ1n) is 5.42. The highest BCUT2D eigenvalue weighted by molar-refractivity contribution is 5.81. The molecule has 2 fully saturated rings. The summed E-state index contributed by atoms with van der Waals surface area (Å²) in [7, 11) is 0. The molecule has 0 aromatic carbocycles. The Bertz CT molecular complexity index is 207. The fraction of sp³-hybridized carbons (Fsp3) is 0.900. The van der Waals surface area contributed by atoms with E-state index < -0.39 is 0 Å². The molecule has 0 aromatic rings. The molecule has 2 rings (SSSR count). The number of hydrogen-bond donors (Lipinski definition) is 1. The molecule has 14 heavy (non-hydrogen) atoms. The summed E-state index contributed by atoms with van der Waals surface area (Å²) < 4.78 is 5.56. The Hall–Kier alpha value is -0.610. The minimum absolute atomic E-state index is 0.164. The Morgan fingerprint density at radius 3 is 2.64 bits per heavy atom. The van der Waals surface area contributed by atoms with Crippen LogP contribution in [-0.2, 0) is 9.53 Å². The SMILES string of the molecule is CC1CCC(C(=O)N2CCNCC2)O1. The summed E-state index contributed by atoms with van der Waals surface area (Å²) in [6.07, 6.45) is 2.00. The van der Waals surface area contributed by atoms with E-state index in [1.54, 1.807) is 0 Å². The number of carbonyl (C=O) groups excluding carboxylic acids is 1. The first-order chi connectivity index (χ1) is 6.77. The highest BCUT2D eigenvalue weighted by Gasteiger charge is 2.31. The summed E-state index contributed by atoms with van der Waals surface area (Å²) in [5.41, 5.74) is 0. The van der Waals surface area contributed by atoms with Gasteiger partial charge in [0.15, 0.2) is 0 Å². The number of amides is 1. The highest BCUT2D eigenvalue weighted by Crippen LogP contribution is 2.20. The van der Waals surface area contributed by atoms with Crippen LogP contribution < -0.4 is 5.32 Å². The Kier molecular flexibility index (Phi) is 3.03. The second-order valence-corrected chi connectivity index (χ2v) is 4.09. The molecule has 0 radical (unpaired) electrons. The Morgan fingerprint density at radius 2 is 2.07 bits per heavy atom. The van der Waals surface area contributed by atoms with Gasteiger partial charge in [0.1, 0.15) is 6.10 Å². The zero-order valence-corrected chi connectivity index (χ0v) is 8.66. The van der Waals surface area contributed by atoms with Crippen LogP contribution >= 0.6 is 0 Å². The monoisotopic (exact) mass is 198 g/mol. The quantitative estimate of drug-likeness (QED) is 0.644. The van der Waals surface area contributed by atoms with E-state index >= 15 is 0 Å². The van der Waals surface area contributed by atoms with Crippen molar-refractivity contribution in [1.29, 1.82) is 0 Å². The summed E-state index contributed by atoms with van der Waals surface area (Å²) >= 11 is 0. The van der Waals surface area contributed by atoms with E-state index in [9.17, 15) is 4.79 Å². The second-order valence-electron chi connectivity index (χ2n) is 4.09. The first-order valence-corrected chi connectivity index (χ1v) is 5.42. The maximum absolute atomic E-state index is 11.9. The van der Waals surface area contributed by atoms with Gasteiger partial charge in [-0.05, 0) is 19.8 Å². The van der Waals surface area contributed by atoms with Gasteiger partial charge in [0, 0.05) is 26.2 Å². The van der Waals surface area contributed by atoms with Crippen molar-refractivity contribution < 1.29 is 9.53 Å². The Balaban J connectivity index is 1.87. The molecule has 2 atom stereocenters. The van der Waals surface area contributed by atoms with Crippen LogP contribution in [0.25, 0.3) is 0 Å². The Morgan fingerprint density at radius 1 is 1.36 bits per heavy atom. The van der Waals surface area contributed by atoms with Gasteiger partial charge >= 0.3 is 0 Å². The van der Waals surface area contributed by atoms with E-state index in [0.717, 1.165) is 39.0 Å². The molecule has 2 heterocycles. The largest absolute Gasteiger partial charge is 0.365 e. The number of piperazine rings is 1. The molecule has 2 aliphatic heterocycles. The topological polar surface area (TPSA) is 41.6 Å². The minimum atomic E-state index is -0.164. The molecule has 2 saturated heterocycles. The summed E-state index contributed by atoms with van der Waals surface area (Å²) in [5.74, 6) is 0.191. The molecule has 0 saturated carbocycles. The number of ether oxygens (including phenoxy) is 1. The minimum Gasteiger partial charge on any atom is -0.365 e. The molecule has 4 nitrogen and oxygen atoms in total. The van der Waals surface area contributed by atoms with Gasteiger partial charge in [0.05, 0.1) is 6.10 Å². The summed E-state index contributed by atoms with van der Waals surface area (Å²) in [6.45, 7) is 5.51. The lowest BCUT2D eigenvalue weighted by Gasteiger charge is -2.29. The lowest BCUT2D eigenvalue weighted by Crippen LogP contribution is -2.49. The highest BCUT2D eigenvalue weighted by atomic mass is 16.5. The zero-order chi connectivity index (χ0) is 9.97. The van der Waals surface area contributed by atoms with Crippen LogP contribution in [0.15, 0.2) is 0 Å². The van der Waals surface area contributed by atoms with Gasteiger partial charge in [0.2, 0.25) is 0 Å². The van der Waals surface area contributed by atoms with Crippen molar-refractivity contribution in [2.24, 2.45) is 0 Å². The van der Waals surface area contributed by atoms with E-state index in [2.05, 4.69) is 5.32 Å². The smallest absolute Gasteiger partial charge is 0.251 e. The fourth-order valence-electron chi connectivity index (χ4n) is 2.07. The van der Waals surface area contributed by atoms with Gasteiger partial charge in [-0.3, -0.25) is 4.79 Å². The van der Waals surface area contributed by atoms with Crippen molar-refractivity contribution in [3.05, 3.63) is 0 Å². The molecule has 0 spiro atoms. The van der Waals surface area contributed by atoms with Gasteiger partial charge in [-0.15, -0.1) is 0 Å². The van der Waals surface area contributed by atoms with Crippen molar-refractivity contribution in [2.75, 3.05) is 26.2 Å². The van der Waals surface area contributed by atoms with E-state index in [0.29, 0.717) is 0 Å². The predicted octanol–water partition coefficient (Wildman–Crippen LogP) is -0.0143. The summed E-state index contributed by atoms with van der Waals surface area (Å²) in [4.78, 5) is 13.8. The molecule has 2 unspecified atom stereocenters. The van der Waals surface area contributed by atoms with E-state index in [1.165, 1.54) is 0 Å². The van der Waals surface area contributed by atoms with Crippen molar-refractivity contribution in [1.82, 2.24) is 10.2 Å². The van der Waals surface area contributed by atoms with Gasteiger partial charge in [0.25, 0.3) is 5.91 Å². The molecule has 4 heteroatoms. The zero-order valence-electron chi connectivity index (χ0n) is 8.66. The average Bonchev–Trinajstić information content (AvgIpc) is 2.65. The maximum Gasteiger partial charge on any atom is 0.251 e. The first kappa shape index (κ1) is 9.93. The van der Waals surface area contributed by atoms with Crippen molar-refractivity contribution in [3.63, 3.8) is 0 Å². The standard InChI is InChI=1S/C10H18N2O2/c1-8-2-3-9(14-8)10(13)12-6-4-11-5-7-12/h8-9,11H,2-7H2,1H3. The molecular weight excluding hydrogens is 180 g/mol. The van der Waals surface area contributed by atoms with E-state index in [1.807, 2.05) is 11.8 Å². The van der Waals surface area contributed by atoms with E-state index in [4.69, 9.17) is 4.74 Å². The molecule has 0 aromatic heterocycles. The van der Waals surface area contributed by atoms with Crippen molar-refractivity contribution in [2.45, 2.75) is 32.0 Å². The summed E-state index contributed by atoms with van der Waals surface area (Å²) in [5, 5.41) is 3.23. The third-order valence-corrected chi connectivity index (χ3v) is 2.94. The van der Waals surface area contributed by atoms with Crippen LogP contribution in [0.3, 0.4) is 0 Å². The van der Waals surface area contributed by atoms with Crippen LogP contribution in [0.5, 0.6) is 0 Å². The lowest BCUT2D eigenvalue weighted by atomic mass is 10.2. The molecular formula is C10H18N2O2. The number of nitrogens with one attached hydrogen (secondary N) is 1. The van der Waals surface area contributed by atoms with Gasteiger partial charge in [-0.2, -0.15) is 0 Å². The lowest BCUT2D eigenvalue weighted by molar-refractivity contribution is -0.143. The number of carbonyl (C=O) groups is 1. The fourth-order valence-corrected chi connectivity index (χ4v) is 2.07. The van der Waals surface area contributed by atoms with Crippen LogP contribution in [0.4, 0.5) is 0 Å². The Labute approximate surface area is 84.6 Å². The van der Waals surface area contributed by atoms with Gasteiger partial charge in [-0.25, -0.2) is 0 Å². The normalized spacial score (nSPS) is 33.4. The third-order valence-electron chi connectivity index (χ3n) is 2.94. The summed E-state index contributed by atoms with van der Waals surface area (Å²) in [6, 6.07) is 0. The maximum atomic E-state index is 11.9. The molecule has 2 aliphatic rings. The van der Waals surface area contributed by atoms with E-state index in [-0.39, 0.29) is 18.1 Å². The number of rotatable bonds is 1. The number of nitrogens with zero attached hydrogens (tertiary/aromatic N) is 1. The van der Waals surface area contributed by atoms with Crippen LogP contribution in [0.1, 0.15) is 19.8 Å².